The number of ether oxygens (including phenoxy) is 1. The number of halogens is 1. The Labute approximate surface area is 235 Å². The van der Waals surface area contributed by atoms with Gasteiger partial charge in [0.25, 0.3) is 10.0 Å². The zero-order chi connectivity index (χ0) is 28.4. The monoisotopic (exact) mass is 571 g/mol. The van der Waals surface area contributed by atoms with Gasteiger partial charge in [0.15, 0.2) is 0 Å². The Morgan fingerprint density at radius 3 is 2.23 bits per heavy atom. The topological polar surface area (TPSA) is 96.0 Å². The Hall–Kier alpha value is -3.56. The maximum Gasteiger partial charge on any atom is 0.264 e. The fourth-order valence-electron chi connectivity index (χ4n) is 3.93. The van der Waals surface area contributed by atoms with Crippen molar-refractivity contribution < 1.29 is 22.7 Å². The van der Waals surface area contributed by atoms with E-state index in [1.54, 1.807) is 73.7 Å². The summed E-state index contributed by atoms with van der Waals surface area (Å²) in [5, 5.41) is 3.30. The lowest BCUT2D eigenvalue weighted by Crippen LogP contribution is -2.51. The highest BCUT2D eigenvalue weighted by molar-refractivity contribution is 7.92. The number of hydrogen-bond donors (Lipinski definition) is 1. The van der Waals surface area contributed by atoms with Gasteiger partial charge in [0.1, 0.15) is 18.3 Å². The number of carbonyl (C=O) groups excluding carboxylic acids is 2. The molecule has 0 fully saturated rings. The molecule has 1 atom stereocenters. The number of nitrogens with one attached hydrogen (secondary N) is 1. The average molecular weight is 572 g/mol. The molecule has 39 heavy (non-hydrogen) atoms. The second-order valence-corrected chi connectivity index (χ2v) is 11.2. The van der Waals surface area contributed by atoms with Gasteiger partial charge in [-0.3, -0.25) is 13.9 Å². The number of sulfonamides is 1. The standard InChI is InChI=1S/C29H34ClN3O5S/c1-4-5-19-31-29(35)22(2)32(20-23-11-9-10-14-27(23)30)28(34)21-33(24-15-17-25(38-3)18-16-24)39(36,37)26-12-7-6-8-13-26/h6-18,22H,4-5,19-21H2,1-3H3,(H,31,35). The van der Waals surface area contributed by atoms with Crippen molar-refractivity contribution in [2.75, 3.05) is 24.5 Å². The molecule has 0 aliphatic rings. The minimum absolute atomic E-state index is 0.0305. The summed E-state index contributed by atoms with van der Waals surface area (Å²) in [6.45, 7) is 3.63. The second-order valence-electron chi connectivity index (χ2n) is 8.96. The number of methoxy groups -OCH3 is 1. The number of unbranched alkanes of at least 4 members (excludes halogenated alkanes) is 1. The summed E-state index contributed by atoms with van der Waals surface area (Å²) in [6.07, 6.45) is 1.71. The lowest BCUT2D eigenvalue weighted by molar-refractivity contribution is -0.139. The molecule has 3 rings (SSSR count). The Bertz CT molecular complexity index is 1350. The predicted octanol–water partition coefficient (Wildman–Crippen LogP) is 4.88. The molecule has 0 aliphatic heterocycles. The van der Waals surface area contributed by atoms with Crippen LogP contribution in [-0.2, 0) is 26.2 Å². The van der Waals surface area contributed by atoms with Gasteiger partial charge in [0, 0.05) is 18.1 Å². The van der Waals surface area contributed by atoms with Crippen LogP contribution >= 0.6 is 11.6 Å². The molecule has 0 saturated carbocycles. The number of benzene rings is 3. The van der Waals surface area contributed by atoms with Gasteiger partial charge < -0.3 is 15.0 Å². The summed E-state index contributed by atoms with van der Waals surface area (Å²) in [5.41, 5.74) is 0.924. The maximum atomic E-state index is 13.9. The number of hydrogen-bond acceptors (Lipinski definition) is 5. The van der Waals surface area contributed by atoms with E-state index in [0.717, 1.165) is 17.1 Å². The number of nitrogens with zero attached hydrogens (tertiary/aromatic N) is 2. The molecule has 0 aliphatic carbocycles. The first-order chi connectivity index (χ1) is 18.7. The maximum absolute atomic E-state index is 13.9. The van der Waals surface area contributed by atoms with Crippen LogP contribution in [0.5, 0.6) is 5.75 Å². The van der Waals surface area contributed by atoms with Crippen molar-refractivity contribution >= 4 is 39.1 Å². The third-order valence-electron chi connectivity index (χ3n) is 6.27. The van der Waals surface area contributed by atoms with Gasteiger partial charge in [-0.2, -0.15) is 0 Å². The van der Waals surface area contributed by atoms with Crippen LogP contribution in [0.25, 0.3) is 0 Å². The van der Waals surface area contributed by atoms with E-state index in [0.29, 0.717) is 22.9 Å². The second kappa shape index (κ2) is 14.0. The number of carbonyl (C=O) groups is 2. The van der Waals surface area contributed by atoms with E-state index in [4.69, 9.17) is 16.3 Å². The third kappa shape index (κ3) is 7.74. The third-order valence-corrected chi connectivity index (χ3v) is 8.42. The molecule has 10 heteroatoms. The molecule has 3 aromatic carbocycles. The number of rotatable bonds is 13. The molecule has 208 valence electrons. The molecule has 1 N–H and O–H groups in total. The minimum Gasteiger partial charge on any atom is -0.497 e. The molecule has 1 unspecified atom stereocenters. The summed E-state index contributed by atoms with van der Waals surface area (Å²) in [5.74, 6) is -0.339. The van der Waals surface area contributed by atoms with Crippen molar-refractivity contribution in [3.63, 3.8) is 0 Å². The molecule has 8 nitrogen and oxygen atoms in total. The molecular weight excluding hydrogens is 538 g/mol. The molecular formula is C29H34ClN3O5S. The molecule has 0 bridgehead atoms. The van der Waals surface area contributed by atoms with Crippen molar-refractivity contribution in [2.24, 2.45) is 0 Å². The van der Waals surface area contributed by atoms with E-state index >= 15 is 0 Å². The zero-order valence-corrected chi connectivity index (χ0v) is 23.9. The van der Waals surface area contributed by atoms with Crippen molar-refractivity contribution in [1.29, 1.82) is 0 Å². The lowest BCUT2D eigenvalue weighted by Gasteiger charge is -2.32. The SMILES string of the molecule is CCCCNC(=O)C(C)N(Cc1ccccc1Cl)C(=O)CN(c1ccc(OC)cc1)S(=O)(=O)c1ccccc1. The number of amides is 2. The van der Waals surface area contributed by atoms with Crippen LogP contribution in [-0.4, -0.2) is 51.4 Å². The van der Waals surface area contributed by atoms with Crippen LogP contribution in [0.1, 0.15) is 32.3 Å². The van der Waals surface area contributed by atoms with Gasteiger partial charge >= 0.3 is 0 Å². The van der Waals surface area contributed by atoms with Crippen LogP contribution in [0.15, 0.2) is 83.8 Å². The van der Waals surface area contributed by atoms with Gasteiger partial charge in [-0.05, 0) is 61.4 Å². The van der Waals surface area contributed by atoms with Crippen molar-refractivity contribution in [2.45, 2.75) is 44.2 Å². The van der Waals surface area contributed by atoms with Crippen LogP contribution in [0.2, 0.25) is 5.02 Å². The molecule has 3 aromatic rings. The van der Waals surface area contributed by atoms with Crippen molar-refractivity contribution in [3.8, 4) is 5.75 Å². The molecule has 2 amide bonds. The van der Waals surface area contributed by atoms with Crippen molar-refractivity contribution in [1.82, 2.24) is 10.2 Å². The van der Waals surface area contributed by atoms with E-state index in [1.807, 2.05) is 6.92 Å². The zero-order valence-electron chi connectivity index (χ0n) is 22.3. The highest BCUT2D eigenvalue weighted by atomic mass is 35.5. The smallest absolute Gasteiger partial charge is 0.264 e. The molecule has 0 heterocycles. The minimum atomic E-state index is -4.13. The summed E-state index contributed by atoms with van der Waals surface area (Å²) in [4.78, 5) is 28.3. The Balaban J connectivity index is 2.00. The molecule has 0 aromatic heterocycles. The van der Waals surface area contributed by atoms with E-state index in [9.17, 15) is 18.0 Å². The summed E-state index contributed by atoms with van der Waals surface area (Å²) in [6, 6.07) is 20.5. The molecule has 0 radical (unpaired) electrons. The van der Waals surface area contributed by atoms with E-state index in [2.05, 4.69) is 5.32 Å². The molecule has 0 saturated heterocycles. The fraction of sp³-hybridized carbons (Fsp3) is 0.310. The van der Waals surface area contributed by atoms with Gasteiger partial charge in [-0.1, -0.05) is 61.3 Å². The van der Waals surface area contributed by atoms with Crippen LogP contribution < -0.4 is 14.4 Å². The average Bonchev–Trinajstić information content (AvgIpc) is 2.95. The lowest BCUT2D eigenvalue weighted by atomic mass is 10.1. The van der Waals surface area contributed by atoms with Gasteiger partial charge in [0.05, 0.1) is 17.7 Å². The van der Waals surface area contributed by atoms with Crippen LogP contribution in [0.3, 0.4) is 0 Å². The fourth-order valence-corrected chi connectivity index (χ4v) is 5.56. The summed E-state index contributed by atoms with van der Waals surface area (Å²) in [7, 11) is -2.62. The van der Waals surface area contributed by atoms with Crippen LogP contribution in [0, 0.1) is 0 Å². The quantitative estimate of drug-likeness (QED) is 0.295. The Morgan fingerprint density at radius 1 is 0.974 bits per heavy atom. The molecule has 0 spiro atoms. The van der Waals surface area contributed by atoms with E-state index in [1.165, 1.54) is 24.1 Å². The van der Waals surface area contributed by atoms with Gasteiger partial charge in [-0.15, -0.1) is 0 Å². The van der Waals surface area contributed by atoms with Gasteiger partial charge in [0.2, 0.25) is 11.8 Å². The number of anilines is 1. The van der Waals surface area contributed by atoms with Crippen molar-refractivity contribution in [3.05, 3.63) is 89.4 Å². The Kier molecular flexibility index (Phi) is 10.8. The first-order valence-electron chi connectivity index (χ1n) is 12.7. The van der Waals surface area contributed by atoms with Gasteiger partial charge in [-0.25, -0.2) is 8.42 Å². The van der Waals surface area contributed by atoms with E-state index < -0.39 is 28.5 Å². The summed E-state index contributed by atoms with van der Waals surface area (Å²) < 4.78 is 33.8. The Morgan fingerprint density at radius 2 is 1.62 bits per heavy atom. The normalized spacial score (nSPS) is 11.9. The highest BCUT2D eigenvalue weighted by Gasteiger charge is 2.32. The first-order valence-corrected chi connectivity index (χ1v) is 14.5. The van der Waals surface area contributed by atoms with Crippen LogP contribution in [0.4, 0.5) is 5.69 Å². The first kappa shape index (κ1) is 30.0. The largest absolute Gasteiger partial charge is 0.497 e. The summed E-state index contributed by atoms with van der Waals surface area (Å²) >= 11 is 6.39. The predicted molar refractivity (Wildman–Crippen MR) is 153 cm³/mol. The van der Waals surface area contributed by atoms with E-state index in [-0.39, 0.29) is 23.0 Å². The highest BCUT2D eigenvalue weighted by Crippen LogP contribution is 2.27.